The first-order chi connectivity index (χ1) is 10.2. The number of nitrogen functional groups attached to an aromatic ring is 1. The van der Waals surface area contributed by atoms with Crippen molar-refractivity contribution in [1.29, 1.82) is 0 Å². The highest BCUT2D eigenvalue weighted by atomic mass is 16.5. The lowest BCUT2D eigenvalue weighted by Gasteiger charge is -2.17. The van der Waals surface area contributed by atoms with Gasteiger partial charge in [-0.05, 0) is 55.8 Å². The molecule has 3 heteroatoms. The average Bonchev–Trinajstić information content (AvgIpc) is 2.49. The van der Waals surface area contributed by atoms with E-state index < -0.39 is 0 Å². The molecule has 0 radical (unpaired) electrons. The van der Waals surface area contributed by atoms with Gasteiger partial charge in [0.1, 0.15) is 5.75 Å². The fraction of sp³-hybridized carbons (Fsp3) is 0.333. The molecule has 2 aromatic carbocycles. The van der Waals surface area contributed by atoms with Crippen LogP contribution in [-0.4, -0.2) is 25.6 Å². The smallest absolute Gasteiger partial charge is 0.119 e. The van der Waals surface area contributed by atoms with E-state index in [-0.39, 0.29) is 0 Å². The van der Waals surface area contributed by atoms with Crippen molar-refractivity contribution in [1.82, 2.24) is 4.90 Å². The Morgan fingerprint density at radius 1 is 1.10 bits per heavy atom. The summed E-state index contributed by atoms with van der Waals surface area (Å²) in [5.74, 6) is 0.915. The zero-order valence-corrected chi connectivity index (χ0v) is 12.9. The summed E-state index contributed by atoms with van der Waals surface area (Å²) in [6.07, 6.45) is 2.13. The van der Waals surface area contributed by atoms with Gasteiger partial charge in [0.2, 0.25) is 0 Å². The maximum atomic E-state index is 5.97. The van der Waals surface area contributed by atoms with Gasteiger partial charge in [-0.15, -0.1) is 0 Å². The minimum atomic E-state index is 0.896. The molecule has 2 rings (SSSR count). The first-order valence-electron chi connectivity index (χ1n) is 7.34. The van der Waals surface area contributed by atoms with Gasteiger partial charge < -0.3 is 15.4 Å². The molecule has 0 bridgehead atoms. The molecular weight excluding hydrogens is 260 g/mol. The van der Waals surface area contributed by atoms with Gasteiger partial charge in [-0.25, -0.2) is 0 Å². The molecule has 0 spiro atoms. The predicted molar refractivity (Wildman–Crippen MR) is 88.5 cm³/mol. The molecule has 112 valence electrons. The zero-order chi connectivity index (χ0) is 15.1. The number of nitrogens with two attached hydrogens (primary N) is 1. The van der Waals surface area contributed by atoms with E-state index in [1.165, 1.54) is 11.1 Å². The first-order valence-corrected chi connectivity index (χ1v) is 7.34. The monoisotopic (exact) mass is 284 g/mol. The van der Waals surface area contributed by atoms with Gasteiger partial charge in [0.05, 0.1) is 7.11 Å². The topological polar surface area (TPSA) is 38.5 Å². The van der Waals surface area contributed by atoms with E-state index in [0.717, 1.165) is 37.4 Å². The van der Waals surface area contributed by atoms with Crippen molar-refractivity contribution >= 4 is 5.69 Å². The molecule has 2 N–H and O–H groups in total. The maximum Gasteiger partial charge on any atom is 0.119 e. The highest BCUT2D eigenvalue weighted by molar-refractivity contribution is 5.46. The Morgan fingerprint density at radius 2 is 1.90 bits per heavy atom. The summed E-state index contributed by atoms with van der Waals surface area (Å²) >= 11 is 0. The summed E-state index contributed by atoms with van der Waals surface area (Å²) < 4.78 is 5.26. The second-order valence-corrected chi connectivity index (χ2v) is 5.39. The Kier molecular flexibility index (Phi) is 5.64. The molecule has 21 heavy (non-hydrogen) atoms. The number of para-hydroxylation sites is 1. The fourth-order valence-electron chi connectivity index (χ4n) is 2.46. The standard InChI is InChI=1S/C18H24N2O/c1-20(14-15-7-5-10-17(13-15)21-2)12-6-9-16-8-3-4-11-18(16)19/h3-5,7-8,10-11,13H,6,9,12,14,19H2,1-2H3. The highest BCUT2D eigenvalue weighted by Gasteiger charge is 2.03. The summed E-state index contributed by atoms with van der Waals surface area (Å²) in [4.78, 5) is 2.33. The van der Waals surface area contributed by atoms with Gasteiger partial charge in [-0.2, -0.15) is 0 Å². The number of aryl methyl sites for hydroxylation is 1. The van der Waals surface area contributed by atoms with E-state index in [9.17, 15) is 0 Å². The number of benzene rings is 2. The molecule has 0 aliphatic rings. The molecule has 0 amide bonds. The summed E-state index contributed by atoms with van der Waals surface area (Å²) in [6.45, 7) is 1.98. The number of methoxy groups -OCH3 is 1. The molecule has 0 aromatic heterocycles. The number of rotatable bonds is 7. The molecule has 3 nitrogen and oxygen atoms in total. The van der Waals surface area contributed by atoms with Crippen LogP contribution in [0, 0.1) is 0 Å². The van der Waals surface area contributed by atoms with E-state index in [1.54, 1.807) is 7.11 Å². The van der Waals surface area contributed by atoms with Gasteiger partial charge in [-0.1, -0.05) is 30.3 Å². The molecule has 0 fully saturated rings. The van der Waals surface area contributed by atoms with Crippen molar-refractivity contribution in [3.8, 4) is 5.75 Å². The van der Waals surface area contributed by atoms with Crippen molar-refractivity contribution in [2.75, 3.05) is 26.4 Å². The van der Waals surface area contributed by atoms with Crippen molar-refractivity contribution in [2.24, 2.45) is 0 Å². The van der Waals surface area contributed by atoms with Crippen LogP contribution in [0.1, 0.15) is 17.5 Å². The van der Waals surface area contributed by atoms with E-state index >= 15 is 0 Å². The van der Waals surface area contributed by atoms with Crippen molar-refractivity contribution in [3.63, 3.8) is 0 Å². The quantitative estimate of drug-likeness (QED) is 0.793. The van der Waals surface area contributed by atoms with Crippen LogP contribution in [0.25, 0.3) is 0 Å². The van der Waals surface area contributed by atoms with Gasteiger partial charge >= 0.3 is 0 Å². The molecule has 0 atom stereocenters. The third kappa shape index (κ3) is 4.80. The SMILES string of the molecule is COc1cccc(CN(C)CCCc2ccccc2N)c1. The van der Waals surface area contributed by atoms with Gasteiger partial charge in [0.25, 0.3) is 0 Å². The van der Waals surface area contributed by atoms with Crippen LogP contribution in [0.3, 0.4) is 0 Å². The molecule has 0 unspecified atom stereocenters. The molecule has 0 aliphatic carbocycles. The molecule has 0 saturated heterocycles. The Hall–Kier alpha value is -2.00. The molecular formula is C18H24N2O. The van der Waals surface area contributed by atoms with Gasteiger partial charge in [0.15, 0.2) is 0 Å². The molecule has 0 heterocycles. The lowest BCUT2D eigenvalue weighted by molar-refractivity contribution is 0.321. The normalized spacial score (nSPS) is 10.8. The van der Waals surface area contributed by atoms with Crippen LogP contribution in [-0.2, 0) is 13.0 Å². The number of hydrogen-bond donors (Lipinski definition) is 1. The number of nitrogens with zero attached hydrogens (tertiary/aromatic N) is 1. The second-order valence-electron chi connectivity index (χ2n) is 5.39. The van der Waals surface area contributed by atoms with Crippen LogP contribution in [0.15, 0.2) is 48.5 Å². The second kappa shape index (κ2) is 7.70. The molecule has 0 saturated carbocycles. The Bertz CT molecular complexity index is 569. The van der Waals surface area contributed by atoms with Gasteiger partial charge in [-0.3, -0.25) is 0 Å². The van der Waals surface area contributed by atoms with Crippen molar-refractivity contribution in [3.05, 3.63) is 59.7 Å². The van der Waals surface area contributed by atoms with E-state index in [0.29, 0.717) is 0 Å². The van der Waals surface area contributed by atoms with Crippen LogP contribution in [0.5, 0.6) is 5.75 Å². The summed E-state index contributed by atoms with van der Waals surface area (Å²) in [6, 6.07) is 16.3. The molecule has 0 aliphatic heterocycles. The Morgan fingerprint density at radius 3 is 2.67 bits per heavy atom. The number of anilines is 1. The fourth-order valence-corrected chi connectivity index (χ4v) is 2.46. The molecule has 2 aromatic rings. The third-order valence-electron chi connectivity index (χ3n) is 3.63. The predicted octanol–water partition coefficient (Wildman–Crippen LogP) is 3.34. The van der Waals surface area contributed by atoms with Crippen LogP contribution >= 0.6 is 0 Å². The summed E-state index contributed by atoms with van der Waals surface area (Å²) in [5, 5.41) is 0. The van der Waals surface area contributed by atoms with Crippen LogP contribution in [0.2, 0.25) is 0 Å². The lowest BCUT2D eigenvalue weighted by atomic mass is 10.1. The third-order valence-corrected chi connectivity index (χ3v) is 3.63. The Labute approximate surface area is 127 Å². The highest BCUT2D eigenvalue weighted by Crippen LogP contribution is 2.15. The average molecular weight is 284 g/mol. The summed E-state index contributed by atoms with van der Waals surface area (Å²) in [5.41, 5.74) is 9.38. The van der Waals surface area contributed by atoms with E-state index in [4.69, 9.17) is 10.5 Å². The van der Waals surface area contributed by atoms with E-state index in [2.05, 4.69) is 30.1 Å². The minimum Gasteiger partial charge on any atom is -0.497 e. The number of hydrogen-bond acceptors (Lipinski definition) is 3. The number of ether oxygens (including phenoxy) is 1. The van der Waals surface area contributed by atoms with Crippen LogP contribution in [0.4, 0.5) is 5.69 Å². The largest absolute Gasteiger partial charge is 0.497 e. The minimum absolute atomic E-state index is 0.896. The lowest BCUT2D eigenvalue weighted by Crippen LogP contribution is -2.19. The van der Waals surface area contributed by atoms with E-state index in [1.807, 2.05) is 30.3 Å². The first kappa shape index (κ1) is 15.4. The Balaban J connectivity index is 1.79. The van der Waals surface area contributed by atoms with Crippen LogP contribution < -0.4 is 10.5 Å². The maximum absolute atomic E-state index is 5.97. The van der Waals surface area contributed by atoms with Gasteiger partial charge in [0, 0.05) is 12.2 Å². The summed E-state index contributed by atoms with van der Waals surface area (Å²) in [7, 11) is 3.85. The van der Waals surface area contributed by atoms with Crippen molar-refractivity contribution < 1.29 is 4.74 Å². The zero-order valence-electron chi connectivity index (χ0n) is 12.9. The van der Waals surface area contributed by atoms with Crippen molar-refractivity contribution in [2.45, 2.75) is 19.4 Å².